The number of carbonyl (C=O) groups is 1. The third-order valence-electron chi connectivity index (χ3n) is 2.69. The maximum Gasteiger partial charge on any atom is 0.224 e. The second-order valence-corrected chi connectivity index (χ2v) is 5.16. The quantitative estimate of drug-likeness (QED) is 0.877. The molecule has 3 nitrogen and oxygen atoms in total. The van der Waals surface area contributed by atoms with E-state index in [1.165, 1.54) is 0 Å². The van der Waals surface area contributed by atoms with E-state index >= 15 is 0 Å². The predicted octanol–water partition coefficient (Wildman–Crippen LogP) is 2.48. The van der Waals surface area contributed by atoms with Gasteiger partial charge in [-0.15, -0.1) is 0 Å². The number of halogens is 1. The fraction of sp³-hybridized carbons (Fsp3) is 0.462. The van der Waals surface area contributed by atoms with Crippen LogP contribution >= 0.6 is 15.9 Å². The third-order valence-corrected chi connectivity index (χ3v) is 3.22. The van der Waals surface area contributed by atoms with Crippen molar-refractivity contribution in [2.24, 2.45) is 5.92 Å². The first-order valence-corrected chi connectivity index (χ1v) is 6.54. The Morgan fingerprint density at radius 1 is 1.29 bits per heavy atom. The minimum Gasteiger partial charge on any atom is -0.349 e. The van der Waals surface area contributed by atoms with Gasteiger partial charge in [-0.3, -0.25) is 4.79 Å². The lowest BCUT2D eigenvalue weighted by atomic mass is 10.1. The summed E-state index contributed by atoms with van der Waals surface area (Å²) in [4.78, 5) is 11.8. The molecule has 1 rings (SSSR count). The molecule has 1 aromatic rings. The number of nitrogens with one attached hydrogen (secondary N) is 2. The largest absolute Gasteiger partial charge is 0.349 e. The molecule has 4 heteroatoms. The highest BCUT2D eigenvalue weighted by Gasteiger charge is 2.15. The lowest BCUT2D eigenvalue weighted by Gasteiger charge is -2.17. The van der Waals surface area contributed by atoms with Crippen LogP contribution in [-0.4, -0.2) is 19.5 Å². The number of hydrogen-bond acceptors (Lipinski definition) is 2. The molecule has 1 amide bonds. The van der Waals surface area contributed by atoms with Gasteiger partial charge in [0.25, 0.3) is 0 Å². The van der Waals surface area contributed by atoms with Crippen molar-refractivity contribution < 1.29 is 4.79 Å². The molecular weight excluding hydrogens is 280 g/mol. The molecule has 1 aromatic carbocycles. The van der Waals surface area contributed by atoms with Crippen LogP contribution in [0.2, 0.25) is 0 Å². The fourth-order valence-electron chi connectivity index (χ4n) is 1.59. The van der Waals surface area contributed by atoms with Crippen molar-refractivity contribution in [1.29, 1.82) is 0 Å². The van der Waals surface area contributed by atoms with Crippen molar-refractivity contribution >= 4 is 21.8 Å². The van der Waals surface area contributed by atoms with Crippen LogP contribution in [0.5, 0.6) is 0 Å². The summed E-state index contributed by atoms with van der Waals surface area (Å²) < 4.78 is 1.04. The summed E-state index contributed by atoms with van der Waals surface area (Å²) in [5.74, 6) is 0.0627. The molecule has 2 atom stereocenters. The molecule has 0 radical (unpaired) electrons. The van der Waals surface area contributed by atoms with Crippen LogP contribution in [0, 0.1) is 5.92 Å². The van der Waals surface area contributed by atoms with E-state index < -0.39 is 0 Å². The highest BCUT2D eigenvalue weighted by Crippen LogP contribution is 2.16. The Labute approximate surface area is 111 Å². The second kappa shape index (κ2) is 6.77. The maximum atomic E-state index is 11.8. The highest BCUT2D eigenvalue weighted by atomic mass is 79.9. The van der Waals surface area contributed by atoms with Crippen molar-refractivity contribution in [2.75, 3.05) is 13.6 Å². The van der Waals surface area contributed by atoms with Crippen molar-refractivity contribution in [3.8, 4) is 0 Å². The summed E-state index contributed by atoms with van der Waals surface area (Å²) in [5.41, 5.74) is 1.11. The van der Waals surface area contributed by atoms with E-state index in [0.717, 1.165) is 10.0 Å². The molecule has 0 bridgehead atoms. The van der Waals surface area contributed by atoms with Crippen LogP contribution in [0.15, 0.2) is 28.7 Å². The predicted molar refractivity (Wildman–Crippen MR) is 73.8 cm³/mol. The van der Waals surface area contributed by atoms with Crippen molar-refractivity contribution in [2.45, 2.75) is 19.9 Å². The van der Waals surface area contributed by atoms with Crippen molar-refractivity contribution in [3.05, 3.63) is 34.3 Å². The Balaban J connectivity index is 2.57. The Bertz CT molecular complexity index is 364. The lowest BCUT2D eigenvalue weighted by Crippen LogP contribution is -2.35. The maximum absolute atomic E-state index is 11.8. The average Bonchev–Trinajstić information content (AvgIpc) is 2.30. The number of rotatable bonds is 5. The van der Waals surface area contributed by atoms with Crippen LogP contribution < -0.4 is 10.6 Å². The van der Waals surface area contributed by atoms with E-state index in [-0.39, 0.29) is 17.9 Å². The summed E-state index contributed by atoms with van der Waals surface area (Å²) in [7, 11) is 1.85. The smallest absolute Gasteiger partial charge is 0.224 e. The highest BCUT2D eigenvalue weighted by molar-refractivity contribution is 9.10. The molecule has 17 heavy (non-hydrogen) atoms. The van der Waals surface area contributed by atoms with Gasteiger partial charge in [-0.05, 0) is 31.7 Å². The molecule has 0 fully saturated rings. The molecule has 0 heterocycles. The molecule has 0 aliphatic carbocycles. The van der Waals surface area contributed by atoms with Crippen LogP contribution in [-0.2, 0) is 4.79 Å². The molecule has 94 valence electrons. The minimum atomic E-state index is -0.0158. The molecule has 0 aliphatic heterocycles. The summed E-state index contributed by atoms with van der Waals surface area (Å²) >= 11 is 3.39. The van der Waals surface area contributed by atoms with Crippen LogP contribution in [0.25, 0.3) is 0 Å². The average molecular weight is 299 g/mol. The van der Waals surface area contributed by atoms with E-state index in [2.05, 4.69) is 26.6 Å². The summed E-state index contributed by atoms with van der Waals surface area (Å²) in [6.07, 6.45) is 0. The Kier molecular flexibility index (Phi) is 5.65. The molecule has 0 aliphatic rings. The van der Waals surface area contributed by atoms with Gasteiger partial charge in [0, 0.05) is 16.9 Å². The zero-order valence-electron chi connectivity index (χ0n) is 10.5. The molecule has 2 unspecified atom stereocenters. The van der Waals surface area contributed by atoms with Crippen LogP contribution in [0.1, 0.15) is 25.5 Å². The molecule has 2 N–H and O–H groups in total. The zero-order valence-corrected chi connectivity index (χ0v) is 12.0. The summed E-state index contributed by atoms with van der Waals surface area (Å²) in [5, 5.41) is 6.01. The standard InChI is InChI=1S/C13H19BrN2O/c1-9(8-15-3)13(17)16-10(2)11-4-6-12(14)7-5-11/h4-7,9-10,15H,8H2,1-3H3,(H,16,17). The monoisotopic (exact) mass is 298 g/mol. The summed E-state index contributed by atoms with van der Waals surface area (Å²) in [6.45, 7) is 4.60. The molecular formula is C13H19BrN2O. The molecule has 0 saturated carbocycles. The Morgan fingerprint density at radius 3 is 2.41 bits per heavy atom. The molecule has 0 aromatic heterocycles. The van der Waals surface area contributed by atoms with E-state index in [4.69, 9.17) is 0 Å². The Morgan fingerprint density at radius 2 is 1.88 bits per heavy atom. The first-order valence-electron chi connectivity index (χ1n) is 5.75. The van der Waals surface area contributed by atoms with Gasteiger partial charge < -0.3 is 10.6 Å². The minimum absolute atomic E-state index is 0.0158. The van der Waals surface area contributed by atoms with Gasteiger partial charge in [-0.2, -0.15) is 0 Å². The van der Waals surface area contributed by atoms with Crippen LogP contribution in [0.3, 0.4) is 0 Å². The number of benzene rings is 1. The fourth-order valence-corrected chi connectivity index (χ4v) is 1.85. The zero-order chi connectivity index (χ0) is 12.8. The topological polar surface area (TPSA) is 41.1 Å². The SMILES string of the molecule is CNCC(C)C(=O)NC(C)c1ccc(Br)cc1. The molecule has 0 saturated heterocycles. The van der Waals surface area contributed by atoms with E-state index in [1.807, 2.05) is 45.2 Å². The lowest BCUT2D eigenvalue weighted by molar-refractivity contribution is -0.125. The van der Waals surface area contributed by atoms with E-state index in [0.29, 0.717) is 6.54 Å². The molecule has 0 spiro atoms. The third kappa shape index (κ3) is 4.48. The van der Waals surface area contributed by atoms with Crippen molar-refractivity contribution in [1.82, 2.24) is 10.6 Å². The number of hydrogen-bond donors (Lipinski definition) is 2. The number of carbonyl (C=O) groups excluding carboxylic acids is 1. The van der Waals surface area contributed by atoms with Gasteiger partial charge in [-0.25, -0.2) is 0 Å². The first kappa shape index (κ1) is 14.2. The van der Waals surface area contributed by atoms with Crippen LogP contribution in [0.4, 0.5) is 0 Å². The first-order chi connectivity index (χ1) is 8.04. The van der Waals surface area contributed by atoms with Gasteiger partial charge in [0.15, 0.2) is 0 Å². The summed E-state index contributed by atoms with van der Waals surface area (Å²) in [6, 6.07) is 8.02. The van der Waals surface area contributed by atoms with Crippen molar-refractivity contribution in [3.63, 3.8) is 0 Å². The van der Waals surface area contributed by atoms with Gasteiger partial charge in [-0.1, -0.05) is 35.0 Å². The second-order valence-electron chi connectivity index (χ2n) is 4.24. The normalized spacial score (nSPS) is 14.1. The van der Waals surface area contributed by atoms with Gasteiger partial charge in [0.2, 0.25) is 5.91 Å². The van der Waals surface area contributed by atoms with Gasteiger partial charge in [0.1, 0.15) is 0 Å². The van der Waals surface area contributed by atoms with E-state index in [1.54, 1.807) is 0 Å². The van der Waals surface area contributed by atoms with E-state index in [9.17, 15) is 4.79 Å². The van der Waals surface area contributed by atoms with Gasteiger partial charge >= 0.3 is 0 Å². The van der Waals surface area contributed by atoms with Gasteiger partial charge in [0.05, 0.1) is 6.04 Å². The Hall–Kier alpha value is -0.870. The number of amides is 1.